The van der Waals surface area contributed by atoms with Crippen molar-refractivity contribution >= 4 is 11.4 Å². The highest BCUT2D eigenvalue weighted by atomic mass is 14.9. The molecule has 0 saturated carbocycles. The van der Waals surface area contributed by atoms with E-state index in [9.17, 15) is 0 Å². The molecule has 0 radical (unpaired) electrons. The van der Waals surface area contributed by atoms with Crippen molar-refractivity contribution in [2.24, 2.45) is 0 Å². The molecule has 0 unspecified atom stereocenters. The SMILES string of the molecule is C=C1NCc2cc(NC)ccc21. The van der Waals surface area contributed by atoms with Crippen LogP contribution in [0.15, 0.2) is 24.8 Å². The van der Waals surface area contributed by atoms with Crippen molar-refractivity contribution in [3.63, 3.8) is 0 Å². The van der Waals surface area contributed by atoms with Crippen LogP contribution in [0.1, 0.15) is 11.1 Å². The molecule has 1 aliphatic heterocycles. The van der Waals surface area contributed by atoms with E-state index in [1.54, 1.807) is 0 Å². The summed E-state index contributed by atoms with van der Waals surface area (Å²) in [6.07, 6.45) is 0. The second kappa shape index (κ2) is 2.55. The zero-order chi connectivity index (χ0) is 8.55. The van der Waals surface area contributed by atoms with E-state index >= 15 is 0 Å². The molecule has 2 N–H and O–H groups in total. The lowest BCUT2D eigenvalue weighted by atomic mass is 10.1. The lowest BCUT2D eigenvalue weighted by Gasteiger charge is -2.02. The van der Waals surface area contributed by atoms with Crippen LogP contribution in [0, 0.1) is 0 Å². The molecule has 0 atom stereocenters. The summed E-state index contributed by atoms with van der Waals surface area (Å²) in [5.41, 5.74) is 4.76. The highest BCUT2D eigenvalue weighted by Crippen LogP contribution is 2.25. The van der Waals surface area contributed by atoms with E-state index in [1.807, 2.05) is 7.05 Å². The maximum Gasteiger partial charge on any atom is 0.0408 e. The first-order valence-electron chi connectivity index (χ1n) is 4.05. The first-order valence-corrected chi connectivity index (χ1v) is 4.05. The van der Waals surface area contributed by atoms with Crippen molar-refractivity contribution in [2.45, 2.75) is 6.54 Å². The van der Waals surface area contributed by atoms with Gasteiger partial charge in [-0.05, 0) is 17.7 Å². The number of hydrogen-bond acceptors (Lipinski definition) is 2. The van der Waals surface area contributed by atoms with Gasteiger partial charge in [-0.1, -0.05) is 12.6 Å². The quantitative estimate of drug-likeness (QED) is 0.654. The number of rotatable bonds is 1. The van der Waals surface area contributed by atoms with Crippen molar-refractivity contribution in [3.05, 3.63) is 35.9 Å². The number of nitrogens with one attached hydrogen (secondary N) is 2. The molecular weight excluding hydrogens is 148 g/mol. The maximum absolute atomic E-state index is 3.92. The van der Waals surface area contributed by atoms with Crippen molar-refractivity contribution in [3.8, 4) is 0 Å². The fourth-order valence-corrected chi connectivity index (χ4v) is 1.49. The molecule has 12 heavy (non-hydrogen) atoms. The molecule has 1 heterocycles. The van der Waals surface area contributed by atoms with Crippen molar-refractivity contribution in [1.29, 1.82) is 0 Å². The van der Waals surface area contributed by atoms with Crippen molar-refractivity contribution in [1.82, 2.24) is 5.32 Å². The van der Waals surface area contributed by atoms with Gasteiger partial charge >= 0.3 is 0 Å². The molecule has 0 bridgehead atoms. The van der Waals surface area contributed by atoms with Gasteiger partial charge in [-0.25, -0.2) is 0 Å². The van der Waals surface area contributed by atoms with Crippen LogP contribution in [0.4, 0.5) is 5.69 Å². The van der Waals surface area contributed by atoms with Crippen molar-refractivity contribution in [2.75, 3.05) is 12.4 Å². The van der Waals surface area contributed by atoms with Gasteiger partial charge in [0.1, 0.15) is 0 Å². The standard InChI is InChI=1S/C10H12N2/c1-7-10-4-3-9(11-2)5-8(10)6-12-7/h3-5,11-12H,1,6H2,2H3. The van der Waals surface area contributed by atoms with E-state index in [4.69, 9.17) is 0 Å². The van der Waals surface area contributed by atoms with Crippen LogP contribution in [0.3, 0.4) is 0 Å². The van der Waals surface area contributed by atoms with Gasteiger partial charge in [-0.3, -0.25) is 0 Å². The third kappa shape index (κ3) is 0.961. The minimum Gasteiger partial charge on any atom is -0.388 e. The lowest BCUT2D eigenvalue weighted by Crippen LogP contribution is -1.98. The number of benzene rings is 1. The first-order chi connectivity index (χ1) is 5.81. The summed E-state index contributed by atoms with van der Waals surface area (Å²) in [6, 6.07) is 6.32. The molecule has 1 aromatic rings. The Hall–Kier alpha value is -1.44. The predicted octanol–water partition coefficient (Wildman–Crippen LogP) is 1.80. The topological polar surface area (TPSA) is 24.1 Å². The van der Waals surface area contributed by atoms with Crippen LogP contribution in [0.2, 0.25) is 0 Å². The van der Waals surface area contributed by atoms with E-state index in [0.29, 0.717) is 0 Å². The normalized spacial score (nSPS) is 13.9. The minimum absolute atomic E-state index is 0.906. The van der Waals surface area contributed by atoms with Gasteiger partial charge < -0.3 is 10.6 Å². The van der Waals surface area contributed by atoms with Gasteiger partial charge in [0, 0.05) is 30.5 Å². The van der Waals surface area contributed by atoms with Crippen LogP contribution in [0.5, 0.6) is 0 Å². The second-order valence-electron chi connectivity index (χ2n) is 2.95. The highest BCUT2D eigenvalue weighted by molar-refractivity contribution is 5.71. The Kier molecular flexibility index (Phi) is 1.54. The Morgan fingerprint density at radius 2 is 2.33 bits per heavy atom. The summed E-state index contributed by atoms with van der Waals surface area (Å²) >= 11 is 0. The molecule has 0 aromatic heterocycles. The summed E-state index contributed by atoms with van der Waals surface area (Å²) in [7, 11) is 1.93. The Balaban J connectivity index is 2.48. The molecule has 0 spiro atoms. The molecule has 1 aromatic carbocycles. The maximum atomic E-state index is 3.92. The first kappa shape index (κ1) is 7.22. The Morgan fingerprint density at radius 3 is 3.08 bits per heavy atom. The Bertz CT molecular complexity index is 329. The molecule has 0 amide bonds. The van der Waals surface area contributed by atoms with Crippen LogP contribution in [0.25, 0.3) is 5.70 Å². The third-order valence-corrected chi connectivity index (χ3v) is 2.21. The lowest BCUT2D eigenvalue weighted by molar-refractivity contribution is 0.946. The number of hydrogen-bond donors (Lipinski definition) is 2. The predicted molar refractivity (Wildman–Crippen MR) is 51.9 cm³/mol. The summed E-state index contributed by atoms with van der Waals surface area (Å²) in [4.78, 5) is 0. The van der Waals surface area contributed by atoms with Crippen LogP contribution < -0.4 is 10.6 Å². The average Bonchev–Trinajstić information content (AvgIpc) is 2.47. The summed E-state index contributed by atoms with van der Waals surface area (Å²) in [6.45, 7) is 4.83. The molecule has 0 fully saturated rings. The van der Waals surface area contributed by atoms with E-state index in [-0.39, 0.29) is 0 Å². The summed E-state index contributed by atoms with van der Waals surface area (Å²) in [5.74, 6) is 0. The van der Waals surface area contributed by atoms with Crippen molar-refractivity contribution < 1.29 is 0 Å². The molecule has 2 rings (SSSR count). The number of fused-ring (bicyclic) bond motifs is 1. The van der Waals surface area contributed by atoms with E-state index in [1.165, 1.54) is 11.1 Å². The highest BCUT2D eigenvalue weighted by Gasteiger charge is 2.12. The molecule has 1 aliphatic rings. The number of anilines is 1. The van der Waals surface area contributed by atoms with E-state index in [2.05, 4.69) is 35.4 Å². The molecule has 2 nitrogen and oxygen atoms in total. The van der Waals surface area contributed by atoms with E-state index < -0.39 is 0 Å². The van der Waals surface area contributed by atoms with E-state index in [0.717, 1.165) is 17.9 Å². The van der Waals surface area contributed by atoms with Gasteiger partial charge in [0.2, 0.25) is 0 Å². The second-order valence-corrected chi connectivity index (χ2v) is 2.95. The van der Waals surface area contributed by atoms with Gasteiger partial charge in [-0.2, -0.15) is 0 Å². The summed E-state index contributed by atoms with van der Waals surface area (Å²) < 4.78 is 0. The zero-order valence-electron chi connectivity index (χ0n) is 7.15. The average molecular weight is 160 g/mol. The van der Waals surface area contributed by atoms with Crippen LogP contribution in [-0.2, 0) is 6.54 Å². The minimum atomic E-state index is 0.906. The Morgan fingerprint density at radius 1 is 1.50 bits per heavy atom. The zero-order valence-corrected chi connectivity index (χ0v) is 7.15. The largest absolute Gasteiger partial charge is 0.388 e. The smallest absolute Gasteiger partial charge is 0.0408 e. The van der Waals surface area contributed by atoms with Crippen LogP contribution in [-0.4, -0.2) is 7.05 Å². The summed E-state index contributed by atoms with van der Waals surface area (Å²) in [5, 5.41) is 6.33. The van der Waals surface area contributed by atoms with Gasteiger partial charge in [0.15, 0.2) is 0 Å². The molecule has 0 saturated heterocycles. The molecular formula is C10H12N2. The Labute approximate surface area is 72.3 Å². The van der Waals surface area contributed by atoms with Gasteiger partial charge in [-0.15, -0.1) is 0 Å². The molecule has 2 heteroatoms. The fraction of sp³-hybridized carbons (Fsp3) is 0.200. The van der Waals surface area contributed by atoms with Crippen LogP contribution >= 0.6 is 0 Å². The molecule has 0 aliphatic carbocycles. The third-order valence-electron chi connectivity index (χ3n) is 2.21. The van der Waals surface area contributed by atoms with Gasteiger partial charge in [0.25, 0.3) is 0 Å². The fourth-order valence-electron chi connectivity index (χ4n) is 1.49. The van der Waals surface area contributed by atoms with Gasteiger partial charge in [0.05, 0.1) is 0 Å². The molecule has 62 valence electrons. The monoisotopic (exact) mass is 160 g/mol.